The zero-order valence-electron chi connectivity index (χ0n) is 30.9. The van der Waals surface area contributed by atoms with E-state index in [1.54, 1.807) is 10.6 Å². The molecule has 11 atom stereocenters. The number of allylic oxidation sites excluding steroid dienone is 7. The highest BCUT2D eigenvalue weighted by Crippen LogP contribution is 2.55. The molecule has 4 saturated carbocycles. The van der Waals surface area contributed by atoms with Crippen molar-refractivity contribution in [2.45, 2.75) is 178 Å². The van der Waals surface area contributed by atoms with E-state index in [1.165, 1.54) is 135 Å². The summed E-state index contributed by atoms with van der Waals surface area (Å²) in [5, 5.41) is 0.868. The van der Waals surface area contributed by atoms with E-state index in [0.717, 1.165) is 65.1 Å². The summed E-state index contributed by atoms with van der Waals surface area (Å²) in [6, 6.07) is 1.45. The van der Waals surface area contributed by atoms with Gasteiger partial charge in [0.25, 0.3) is 0 Å². The summed E-state index contributed by atoms with van der Waals surface area (Å²) in [4.78, 5) is 4.83. The van der Waals surface area contributed by atoms with Gasteiger partial charge in [-0.25, -0.2) is 0 Å². The van der Waals surface area contributed by atoms with Crippen molar-refractivity contribution in [1.82, 2.24) is 4.90 Å². The third kappa shape index (κ3) is 6.77. The van der Waals surface area contributed by atoms with Crippen molar-refractivity contribution in [3.63, 3.8) is 0 Å². The van der Waals surface area contributed by atoms with E-state index in [2.05, 4.69) is 60.5 Å². The predicted molar refractivity (Wildman–Crippen MR) is 207 cm³/mol. The summed E-state index contributed by atoms with van der Waals surface area (Å²) < 4.78 is 6.81. The Morgan fingerprint density at radius 3 is 2.61 bits per heavy atom. The largest absolute Gasteiger partial charge is 0.374 e. The summed E-state index contributed by atoms with van der Waals surface area (Å²) in [5.74, 6) is 7.08. The average molecular weight is 682 g/mol. The molecule has 49 heavy (non-hydrogen) atoms. The first kappa shape index (κ1) is 33.6. The normalized spacial score (nSPS) is 44.8. The number of ether oxygens (including phenoxy) is 1. The van der Waals surface area contributed by atoms with Crippen molar-refractivity contribution >= 4 is 11.8 Å². The second-order valence-electron chi connectivity index (χ2n) is 18.7. The lowest BCUT2D eigenvalue weighted by molar-refractivity contribution is -0.0151. The van der Waals surface area contributed by atoms with Crippen molar-refractivity contribution in [1.29, 1.82) is 0 Å². The van der Waals surface area contributed by atoms with E-state index in [-0.39, 0.29) is 0 Å². The number of thioether (sulfide) groups is 1. The van der Waals surface area contributed by atoms with Crippen molar-refractivity contribution in [2.24, 2.45) is 47.3 Å². The Bertz CT molecular complexity index is 1330. The van der Waals surface area contributed by atoms with Crippen LogP contribution in [0.15, 0.2) is 58.7 Å². The van der Waals surface area contributed by atoms with Crippen molar-refractivity contribution in [2.75, 3.05) is 0 Å². The summed E-state index contributed by atoms with van der Waals surface area (Å²) in [7, 11) is 0. The van der Waals surface area contributed by atoms with Gasteiger partial charge in [-0.05, 0) is 188 Å². The van der Waals surface area contributed by atoms with Crippen LogP contribution in [0.4, 0.5) is 0 Å². The second kappa shape index (κ2) is 14.7. The van der Waals surface area contributed by atoms with Gasteiger partial charge in [0, 0.05) is 27.9 Å². The van der Waals surface area contributed by atoms with Gasteiger partial charge in [0.15, 0.2) is 0 Å². The number of hydrogen-bond acceptors (Lipinski definition) is 3. The van der Waals surface area contributed by atoms with Crippen LogP contribution >= 0.6 is 11.8 Å². The molecule has 0 spiro atoms. The van der Waals surface area contributed by atoms with Gasteiger partial charge in [-0.3, -0.25) is 0 Å². The minimum atomic E-state index is 0.499. The maximum atomic E-state index is 6.81. The van der Waals surface area contributed by atoms with Crippen LogP contribution in [0, 0.1) is 47.3 Å². The van der Waals surface area contributed by atoms with Crippen molar-refractivity contribution in [3.8, 4) is 0 Å². The van der Waals surface area contributed by atoms with E-state index in [0.29, 0.717) is 18.2 Å². The Morgan fingerprint density at radius 1 is 0.857 bits per heavy atom. The molecule has 0 aromatic heterocycles. The molecular formula is C46H67NOS. The fourth-order valence-electron chi connectivity index (χ4n) is 13.4. The Kier molecular flexibility index (Phi) is 10.1. The smallest absolute Gasteiger partial charge is 0.0638 e. The number of fused-ring (bicyclic) bond motifs is 4. The zero-order valence-corrected chi connectivity index (χ0v) is 31.7. The van der Waals surface area contributed by atoms with Gasteiger partial charge in [-0.1, -0.05) is 48.8 Å². The summed E-state index contributed by atoms with van der Waals surface area (Å²) >= 11 is 2.30. The van der Waals surface area contributed by atoms with Crippen LogP contribution in [0.5, 0.6) is 0 Å². The fourth-order valence-corrected chi connectivity index (χ4v) is 15.2. The maximum absolute atomic E-state index is 6.81. The van der Waals surface area contributed by atoms with Gasteiger partial charge in [0.2, 0.25) is 0 Å². The van der Waals surface area contributed by atoms with Crippen LogP contribution < -0.4 is 0 Å². The number of nitrogens with zero attached hydrogens (tertiary/aromatic N) is 1. The minimum absolute atomic E-state index is 0.499. The molecule has 0 bridgehead atoms. The quantitative estimate of drug-likeness (QED) is 0.237. The minimum Gasteiger partial charge on any atom is -0.374 e. The Morgan fingerprint density at radius 2 is 1.76 bits per heavy atom. The Hall–Kier alpha value is -1.19. The molecule has 0 aromatic rings. The Balaban J connectivity index is 0.903. The van der Waals surface area contributed by atoms with Crippen LogP contribution in [0.25, 0.3) is 0 Å². The predicted octanol–water partition coefficient (Wildman–Crippen LogP) is 12.3. The molecule has 0 aromatic carbocycles. The molecule has 0 radical (unpaired) electrons. The van der Waals surface area contributed by atoms with Crippen LogP contribution in [0.1, 0.15) is 148 Å². The average Bonchev–Trinajstić information content (AvgIpc) is 3.83. The van der Waals surface area contributed by atoms with E-state index >= 15 is 0 Å². The summed E-state index contributed by atoms with van der Waals surface area (Å²) in [5.41, 5.74) is 5.47. The highest BCUT2D eigenvalue weighted by molar-refractivity contribution is 8.04. The molecule has 9 aliphatic rings. The maximum Gasteiger partial charge on any atom is 0.0638 e. The molecule has 1 saturated heterocycles. The third-order valence-corrected chi connectivity index (χ3v) is 17.4. The number of rotatable bonds is 8. The lowest BCUT2D eigenvalue weighted by atomic mass is 9.67. The number of hydrogen-bond donors (Lipinski definition) is 0. The topological polar surface area (TPSA) is 12.5 Å². The van der Waals surface area contributed by atoms with E-state index in [9.17, 15) is 0 Å². The first-order valence-corrected chi connectivity index (χ1v) is 22.5. The van der Waals surface area contributed by atoms with E-state index < -0.39 is 0 Å². The van der Waals surface area contributed by atoms with Crippen LogP contribution in [0.3, 0.4) is 0 Å². The molecule has 2 nitrogen and oxygen atoms in total. The highest BCUT2D eigenvalue weighted by atomic mass is 32.2. The molecular weight excluding hydrogens is 615 g/mol. The standard InChI is InChI=1S/C46H67NOS/c1-3-4-9-40-28-36-17-24-41(46(36)48-40)33-15-20-38(21-16-33)47(39-22-25-43-42-23-10-30(2)26-44(42)49-45(43)29-39)37-18-13-32(14-19-37)35-12-11-31-7-5-6-8-34(31)27-35/h3,5,7,13,29-31,33-38,40-42,44,46H,1,4,6,8-12,14-28H2,2H3. The third-order valence-electron chi connectivity index (χ3n) is 15.9. The molecule has 3 heteroatoms. The lowest BCUT2D eigenvalue weighted by Gasteiger charge is -2.47. The highest BCUT2D eigenvalue weighted by Gasteiger charge is 2.48. The second-order valence-corrected chi connectivity index (χ2v) is 19.9. The molecule has 11 unspecified atom stereocenters. The summed E-state index contributed by atoms with van der Waals surface area (Å²) in [6.45, 7) is 6.47. The monoisotopic (exact) mass is 681 g/mol. The molecule has 2 aliphatic heterocycles. The van der Waals surface area contributed by atoms with Crippen LogP contribution in [-0.2, 0) is 4.74 Å². The van der Waals surface area contributed by atoms with Gasteiger partial charge >= 0.3 is 0 Å². The first-order chi connectivity index (χ1) is 24.1. The van der Waals surface area contributed by atoms with Crippen molar-refractivity contribution < 1.29 is 4.74 Å². The van der Waals surface area contributed by atoms with Gasteiger partial charge in [-0.2, -0.15) is 0 Å². The summed E-state index contributed by atoms with van der Waals surface area (Å²) in [6.07, 6.45) is 44.1. The van der Waals surface area contributed by atoms with Gasteiger partial charge in [0.1, 0.15) is 0 Å². The van der Waals surface area contributed by atoms with Crippen LogP contribution in [0.2, 0.25) is 0 Å². The fraction of sp³-hybridized carbons (Fsp3) is 0.783. The van der Waals surface area contributed by atoms with Crippen molar-refractivity contribution in [3.05, 3.63) is 58.7 Å². The molecule has 5 fully saturated rings. The lowest BCUT2D eigenvalue weighted by Crippen LogP contribution is -2.46. The SMILES string of the molecule is C=CCCC1CC2CCC(C3CCC(N(C4=CC5=C(CC4)C4CCC(C)CC4S5)C4CC=C(C5CCC6C=CCCC6C5)CC4)CC3)C2O1. The molecule has 268 valence electrons. The molecule has 9 rings (SSSR count). The molecule has 0 N–H and O–H groups in total. The van der Waals surface area contributed by atoms with Gasteiger partial charge < -0.3 is 9.64 Å². The molecule has 2 heterocycles. The molecule has 0 amide bonds. The molecule has 7 aliphatic carbocycles. The van der Waals surface area contributed by atoms with Gasteiger partial charge in [0.05, 0.1) is 12.2 Å². The van der Waals surface area contributed by atoms with Crippen LogP contribution in [-0.4, -0.2) is 34.4 Å². The first-order valence-electron chi connectivity index (χ1n) is 21.6. The van der Waals surface area contributed by atoms with Gasteiger partial charge in [-0.15, -0.1) is 18.3 Å². The van der Waals surface area contributed by atoms with E-state index in [1.807, 2.05) is 11.1 Å². The Labute approximate surface area is 304 Å². The van der Waals surface area contributed by atoms with E-state index in [4.69, 9.17) is 4.74 Å². The zero-order chi connectivity index (χ0) is 32.9.